The Morgan fingerprint density at radius 3 is 2.75 bits per heavy atom. The second kappa shape index (κ2) is 9.39. The van der Waals surface area contributed by atoms with Crippen LogP contribution in [-0.2, 0) is 14.3 Å². The maximum atomic E-state index is 12.4. The molecule has 1 amide bonds. The fourth-order valence-electron chi connectivity index (χ4n) is 2.75. The van der Waals surface area contributed by atoms with Gasteiger partial charge in [-0.2, -0.15) is 0 Å². The minimum atomic E-state index is -0.707. The topological polar surface area (TPSA) is 76.7 Å². The zero-order valence-electron chi connectivity index (χ0n) is 16.7. The fourth-order valence-corrected chi connectivity index (χ4v) is 2.97. The average molecular weight is 407 g/mol. The number of halogens is 1. The first-order valence-electron chi connectivity index (χ1n) is 9.14. The Morgan fingerprint density at radius 2 is 2.07 bits per heavy atom. The summed E-state index contributed by atoms with van der Waals surface area (Å²) in [5, 5.41) is 6.42. The molecule has 152 valence electrons. The molecular formula is C21H27ClN2O4. The average Bonchev–Trinajstić information content (AvgIpc) is 2.60. The number of benzene rings is 1. The van der Waals surface area contributed by atoms with E-state index in [-0.39, 0.29) is 12.0 Å². The third kappa shape index (κ3) is 6.80. The Balaban J connectivity index is 1.91. The van der Waals surface area contributed by atoms with Crippen molar-refractivity contribution in [2.75, 3.05) is 13.2 Å². The molecule has 0 saturated carbocycles. The van der Waals surface area contributed by atoms with Gasteiger partial charge in [0.05, 0.1) is 34.5 Å². The molecule has 0 fully saturated rings. The molecule has 1 unspecified atom stereocenters. The Kier molecular flexibility index (Phi) is 7.44. The molecule has 6 nitrogen and oxygen atoms in total. The Morgan fingerprint density at radius 1 is 1.36 bits per heavy atom. The summed E-state index contributed by atoms with van der Waals surface area (Å²) in [5.41, 5.74) is -0.133. The molecule has 1 aromatic rings. The van der Waals surface area contributed by atoms with Crippen molar-refractivity contribution in [2.45, 2.75) is 51.4 Å². The molecule has 7 heteroatoms. The minimum absolute atomic E-state index is 0.144. The van der Waals surface area contributed by atoms with E-state index >= 15 is 0 Å². The first-order valence-corrected chi connectivity index (χ1v) is 9.52. The van der Waals surface area contributed by atoms with Crippen molar-refractivity contribution < 1.29 is 19.1 Å². The van der Waals surface area contributed by atoms with E-state index in [1.165, 1.54) is 6.08 Å². The van der Waals surface area contributed by atoms with Crippen LogP contribution in [0.3, 0.4) is 0 Å². The molecule has 0 aromatic heterocycles. The summed E-state index contributed by atoms with van der Waals surface area (Å²) >= 11 is 6.09. The van der Waals surface area contributed by atoms with Gasteiger partial charge in [-0.15, -0.1) is 0 Å². The van der Waals surface area contributed by atoms with Crippen molar-refractivity contribution in [1.29, 1.82) is 0 Å². The van der Waals surface area contributed by atoms with E-state index in [0.717, 1.165) is 5.70 Å². The van der Waals surface area contributed by atoms with Gasteiger partial charge in [-0.1, -0.05) is 23.7 Å². The van der Waals surface area contributed by atoms with E-state index in [4.69, 9.17) is 21.1 Å². The summed E-state index contributed by atoms with van der Waals surface area (Å²) in [7, 11) is 0. The highest BCUT2D eigenvalue weighted by molar-refractivity contribution is 6.33. The molecule has 0 aliphatic carbocycles. The van der Waals surface area contributed by atoms with Crippen molar-refractivity contribution >= 4 is 23.4 Å². The van der Waals surface area contributed by atoms with Crippen LogP contribution in [0.1, 0.15) is 44.5 Å². The molecule has 0 bridgehead atoms. The maximum Gasteiger partial charge on any atom is 0.256 e. The molecular weight excluding hydrogens is 380 g/mol. The highest BCUT2D eigenvalue weighted by atomic mass is 35.5. The summed E-state index contributed by atoms with van der Waals surface area (Å²) in [6.45, 7) is 8.36. The van der Waals surface area contributed by atoms with Gasteiger partial charge < -0.3 is 20.1 Å². The summed E-state index contributed by atoms with van der Waals surface area (Å²) in [6.07, 6.45) is 3.52. The van der Waals surface area contributed by atoms with Gasteiger partial charge in [0.1, 0.15) is 5.94 Å². The van der Waals surface area contributed by atoms with E-state index < -0.39 is 11.2 Å². The number of ether oxygens (including phenoxy) is 2. The predicted octanol–water partition coefficient (Wildman–Crippen LogP) is 3.25. The zero-order chi connectivity index (χ0) is 20.8. The molecule has 2 rings (SSSR count). The van der Waals surface area contributed by atoms with Gasteiger partial charge in [0.15, 0.2) is 0 Å². The second-order valence-electron chi connectivity index (χ2n) is 7.87. The van der Waals surface area contributed by atoms with Crippen LogP contribution in [0.25, 0.3) is 0 Å². The van der Waals surface area contributed by atoms with Gasteiger partial charge >= 0.3 is 0 Å². The maximum absolute atomic E-state index is 12.4. The van der Waals surface area contributed by atoms with Gasteiger partial charge in [-0.25, -0.2) is 4.79 Å². The van der Waals surface area contributed by atoms with Gasteiger partial charge in [0.2, 0.25) is 0 Å². The van der Waals surface area contributed by atoms with Crippen LogP contribution >= 0.6 is 11.6 Å². The Labute approximate surface area is 170 Å². The fraction of sp³-hybridized carbons (Fsp3) is 0.476. The lowest BCUT2D eigenvalue weighted by Gasteiger charge is -2.35. The highest BCUT2D eigenvalue weighted by Gasteiger charge is 2.29. The third-order valence-corrected chi connectivity index (χ3v) is 4.48. The molecule has 1 aliphatic heterocycles. The summed E-state index contributed by atoms with van der Waals surface area (Å²) in [6, 6.07) is 6.91. The van der Waals surface area contributed by atoms with Gasteiger partial charge in [-0.05, 0) is 39.8 Å². The van der Waals surface area contributed by atoms with Crippen LogP contribution in [0, 0.1) is 0 Å². The number of hydrogen-bond donors (Lipinski definition) is 2. The molecule has 0 radical (unpaired) electrons. The van der Waals surface area contributed by atoms with E-state index in [9.17, 15) is 9.59 Å². The van der Waals surface area contributed by atoms with Crippen molar-refractivity contribution in [3.8, 4) is 0 Å². The predicted molar refractivity (Wildman–Crippen MR) is 109 cm³/mol. The van der Waals surface area contributed by atoms with Gasteiger partial charge in [0.25, 0.3) is 5.91 Å². The summed E-state index contributed by atoms with van der Waals surface area (Å²) in [4.78, 5) is 23.0. The van der Waals surface area contributed by atoms with Crippen LogP contribution in [-0.4, -0.2) is 42.3 Å². The van der Waals surface area contributed by atoms with E-state index in [0.29, 0.717) is 30.2 Å². The molecule has 1 aliphatic rings. The summed E-state index contributed by atoms with van der Waals surface area (Å²) in [5.74, 6) is 1.50. The number of hydrogen-bond acceptors (Lipinski definition) is 5. The lowest BCUT2D eigenvalue weighted by Crippen LogP contribution is -2.44. The largest absolute Gasteiger partial charge is 0.387 e. The number of carbonyl (C=O) groups is 1. The minimum Gasteiger partial charge on any atom is -0.387 e. The van der Waals surface area contributed by atoms with E-state index in [1.54, 1.807) is 50.3 Å². The molecule has 0 spiro atoms. The van der Waals surface area contributed by atoms with E-state index in [2.05, 4.69) is 10.6 Å². The van der Waals surface area contributed by atoms with Gasteiger partial charge in [-0.3, -0.25) is 4.79 Å². The second-order valence-corrected chi connectivity index (χ2v) is 8.28. The molecule has 1 aromatic carbocycles. The van der Waals surface area contributed by atoms with Gasteiger partial charge in [0, 0.05) is 30.9 Å². The van der Waals surface area contributed by atoms with Crippen LogP contribution in [0.2, 0.25) is 5.02 Å². The number of nitrogens with one attached hydrogen (secondary N) is 2. The van der Waals surface area contributed by atoms with Crippen molar-refractivity contribution in [2.24, 2.45) is 0 Å². The van der Waals surface area contributed by atoms with Crippen molar-refractivity contribution in [3.05, 3.63) is 52.8 Å². The normalized spacial score (nSPS) is 17.2. The van der Waals surface area contributed by atoms with Crippen LogP contribution < -0.4 is 10.6 Å². The summed E-state index contributed by atoms with van der Waals surface area (Å²) < 4.78 is 12.0. The lowest BCUT2D eigenvalue weighted by molar-refractivity contribution is -0.133. The Hall–Kier alpha value is -2.11. The first kappa shape index (κ1) is 22.2. The third-order valence-electron chi connectivity index (χ3n) is 4.15. The Bertz CT molecular complexity index is 782. The standard InChI is InChI=1S/C21H27ClN2O4/c1-20(2,9-10-25)27-14-21(3,4)28-16-11-15(12-23-13-16)24-19(26)17-7-5-6-8-18(17)22/h5-9,12,16,23H,11,13-14H2,1-4H3,(H,24,26). The smallest absolute Gasteiger partial charge is 0.256 e. The quantitative estimate of drug-likeness (QED) is 0.648. The highest BCUT2D eigenvalue weighted by Crippen LogP contribution is 2.22. The molecule has 28 heavy (non-hydrogen) atoms. The zero-order valence-corrected chi connectivity index (χ0v) is 17.4. The van der Waals surface area contributed by atoms with Crippen molar-refractivity contribution in [3.63, 3.8) is 0 Å². The monoisotopic (exact) mass is 406 g/mol. The lowest BCUT2D eigenvalue weighted by atomic mass is 10.1. The van der Waals surface area contributed by atoms with E-state index in [1.807, 2.05) is 13.8 Å². The molecule has 1 atom stereocenters. The first-order chi connectivity index (χ1) is 13.1. The molecule has 2 N–H and O–H groups in total. The number of rotatable bonds is 8. The SMILES string of the molecule is CC(C)(C=C=O)OCC(C)(C)OC1CNC=C(NC(=O)c2ccccc2Cl)C1. The number of amides is 1. The number of carbonyl (C=O) groups excluding carboxylic acids is 2. The van der Waals surface area contributed by atoms with Crippen LogP contribution in [0.15, 0.2) is 42.2 Å². The molecule has 1 heterocycles. The van der Waals surface area contributed by atoms with Crippen LogP contribution in [0.5, 0.6) is 0 Å². The van der Waals surface area contributed by atoms with Crippen molar-refractivity contribution in [1.82, 2.24) is 10.6 Å². The van der Waals surface area contributed by atoms with Crippen LogP contribution in [0.4, 0.5) is 0 Å². The molecule has 0 saturated heterocycles.